The van der Waals surface area contributed by atoms with Crippen LogP contribution in [0.3, 0.4) is 0 Å². The second kappa shape index (κ2) is 18.2. The van der Waals surface area contributed by atoms with Crippen molar-refractivity contribution in [1.82, 2.24) is 0 Å². The Morgan fingerprint density at radius 3 is 1.62 bits per heavy atom. The number of hydrogen-bond donors (Lipinski definition) is 0. The molecule has 0 saturated heterocycles. The summed E-state index contributed by atoms with van der Waals surface area (Å²) in [6.45, 7) is 2.25. The zero-order valence-electron chi connectivity index (χ0n) is 15.6. The fraction of sp³-hybridized carbons (Fsp3) is 0.850. The summed E-state index contributed by atoms with van der Waals surface area (Å²) in [6.07, 6.45) is 23.0. The Bertz CT molecular complexity index is 340. The van der Waals surface area contributed by atoms with Gasteiger partial charge in [0.15, 0.2) is 0 Å². The summed E-state index contributed by atoms with van der Waals surface area (Å²) in [5.41, 5.74) is 0. The molecule has 0 radical (unpaired) electrons. The Labute approximate surface area is 148 Å². The molecule has 1 amide bonds. The van der Waals surface area contributed by atoms with Crippen LogP contribution in [0.4, 0.5) is 0 Å². The van der Waals surface area contributed by atoms with Crippen LogP contribution in [0.5, 0.6) is 0 Å². The van der Waals surface area contributed by atoms with Gasteiger partial charge in [-0.25, -0.2) is 4.79 Å². The van der Waals surface area contributed by atoms with Gasteiger partial charge in [-0.1, -0.05) is 83.3 Å². The van der Waals surface area contributed by atoms with Crippen molar-refractivity contribution in [3.8, 4) is 0 Å². The predicted molar refractivity (Wildman–Crippen MR) is 101 cm³/mol. The number of unbranched alkanes of at least 4 members (excludes halogenated alkanes) is 13. The van der Waals surface area contributed by atoms with Gasteiger partial charge in [0.25, 0.3) is 0 Å². The van der Waals surface area contributed by atoms with E-state index in [1.807, 2.05) is 0 Å². The molecule has 4 heteroatoms. The number of hydrogen-bond acceptors (Lipinski definition) is 3. The van der Waals surface area contributed by atoms with E-state index < -0.39 is 10.8 Å². The number of nitrogens with zero attached hydrogens (tertiary/aromatic N) is 1. The molecule has 0 aliphatic rings. The molecule has 0 fully saturated rings. The highest BCUT2D eigenvalue weighted by Gasteiger charge is 2.12. The van der Waals surface area contributed by atoms with E-state index in [0.29, 0.717) is 6.42 Å². The number of carbonyl (C=O) groups is 1. The summed E-state index contributed by atoms with van der Waals surface area (Å²) >= 11 is 0. The van der Waals surface area contributed by atoms with Gasteiger partial charge in [0, 0.05) is 0 Å². The minimum atomic E-state index is -0.844. The lowest BCUT2D eigenvalue weighted by molar-refractivity contribution is -0.402. The molecular formula is C20H37NO3. The first-order valence-corrected chi connectivity index (χ1v) is 10.0. The molecule has 0 atom stereocenters. The van der Waals surface area contributed by atoms with Crippen LogP contribution in [0.1, 0.15) is 110 Å². The van der Waals surface area contributed by atoms with Crippen LogP contribution in [0.2, 0.25) is 0 Å². The highest BCUT2D eigenvalue weighted by molar-refractivity contribution is 5.66. The molecule has 0 aliphatic heterocycles. The lowest BCUT2D eigenvalue weighted by atomic mass is 10.1. The van der Waals surface area contributed by atoms with Gasteiger partial charge in [0.05, 0.1) is 6.42 Å². The predicted octanol–water partition coefficient (Wildman–Crippen LogP) is 6.61. The Morgan fingerprint density at radius 1 is 0.750 bits per heavy atom. The van der Waals surface area contributed by atoms with E-state index in [2.05, 4.69) is 19.1 Å². The van der Waals surface area contributed by atoms with Crippen LogP contribution >= 0.6 is 0 Å². The Morgan fingerprint density at radius 2 is 1.17 bits per heavy atom. The maximum Gasteiger partial charge on any atom is 0.444 e. The molecule has 0 aliphatic carbocycles. The SMILES string of the molecule is CCCCCCCC=CCCCCCCCCCCC(=O)[N+](=O)[O-]. The molecule has 0 N–H and O–H groups in total. The molecule has 24 heavy (non-hydrogen) atoms. The van der Waals surface area contributed by atoms with Crippen LogP contribution in [0.15, 0.2) is 12.2 Å². The average Bonchev–Trinajstić information content (AvgIpc) is 2.57. The van der Waals surface area contributed by atoms with Gasteiger partial charge in [-0.2, -0.15) is 0 Å². The third kappa shape index (κ3) is 17.2. The molecule has 0 rings (SSSR count). The summed E-state index contributed by atoms with van der Waals surface area (Å²) < 4.78 is 0. The summed E-state index contributed by atoms with van der Waals surface area (Å²) in [5, 5.41) is 10.2. The molecule has 0 unspecified atom stereocenters. The molecule has 0 heterocycles. The quantitative estimate of drug-likeness (QED) is 0.130. The lowest BCUT2D eigenvalue weighted by Gasteiger charge is -2.00. The van der Waals surface area contributed by atoms with Crippen molar-refractivity contribution < 1.29 is 9.72 Å². The molecule has 140 valence electrons. The summed E-state index contributed by atoms with van der Waals surface area (Å²) in [4.78, 5) is 20.1. The first kappa shape index (κ1) is 22.8. The molecule has 0 spiro atoms. The highest BCUT2D eigenvalue weighted by Crippen LogP contribution is 2.11. The van der Waals surface area contributed by atoms with E-state index in [0.717, 1.165) is 12.8 Å². The minimum absolute atomic E-state index is 0.0952. The Hall–Kier alpha value is -1.19. The topological polar surface area (TPSA) is 60.2 Å². The molecule has 4 nitrogen and oxygen atoms in total. The fourth-order valence-electron chi connectivity index (χ4n) is 2.79. The average molecular weight is 340 g/mol. The molecule has 0 aromatic heterocycles. The molecule has 0 saturated carbocycles. The van der Waals surface area contributed by atoms with Gasteiger partial charge in [-0.3, -0.25) is 10.1 Å². The minimum Gasteiger partial charge on any atom is -0.256 e. The third-order valence-electron chi connectivity index (χ3n) is 4.36. The fourth-order valence-corrected chi connectivity index (χ4v) is 2.79. The van der Waals surface area contributed by atoms with E-state index in [4.69, 9.17) is 0 Å². The van der Waals surface area contributed by atoms with Crippen LogP contribution in [-0.4, -0.2) is 10.8 Å². The van der Waals surface area contributed by atoms with Gasteiger partial charge in [-0.05, 0) is 32.1 Å². The van der Waals surface area contributed by atoms with Crippen LogP contribution in [0.25, 0.3) is 0 Å². The van der Waals surface area contributed by atoms with Crippen molar-refractivity contribution >= 4 is 5.91 Å². The van der Waals surface area contributed by atoms with Crippen LogP contribution in [-0.2, 0) is 4.79 Å². The van der Waals surface area contributed by atoms with Crippen molar-refractivity contribution in [3.05, 3.63) is 22.3 Å². The van der Waals surface area contributed by atoms with Crippen molar-refractivity contribution in [3.63, 3.8) is 0 Å². The number of allylic oxidation sites excluding steroid dienone is 2. The largest absolute Gasteiger partial charge is 0.444 e. The van der Waals surface area contributed by atoms with Gasteiger partial charge in [0.2, 0.25) is 0 Å². The monoisotopic (exact) mass is 339 g/mol. The molecular weight excluding hydrogens is 302 g/mol. The van der Waals surface area contributed by atoms with Gasteiger partial charge in [0.1, 0.15) is 4.92 Å². The normalized spacial score (nSPS) is 11.2. The lowest BCUT2D eigenvalue weighted by Crippen LogP contribution is -2.10. The standard InChI is InChI=1S/C20H37NO3/c1-2-3-4-5-6-7-8-9-10-11-12-13-14-15-16-17-18-19-20(22)21(23)24/h8-9H,2-7,10-19H2,1H3. The first-order chi connectivity index (χ1) is 11.7. The van der Waals surface area contributed by atoms with Crippen molar-refractivity contribution in [1.29, 1.82) is 0 Å². The number of carbonyl (C=O) groups excluding carboxylic acids is 1. The summed E-state index contributed by atoms with van der Waals surface area (Å²) in [5.74, 6) is -0.844. The maximum absolute atomic E-state index is 10.8. The molecule has 0 bridgehead atoms. The smallest absolute Gasteiger partial charge is 0.256 e. The van der Waals surface area contributed by atoms with Gasteiger partial charge >= 0.3 is 5.91 Å². The zero-order chi connectivity index (χ0) is 17.9. The van der Waals surface area contributed by atoms with E-state index in [1.54, 1.807) is 0 Å². The van der Waals surface area contributed by atoms with Crippen LogP contribution in [0, 0.1) is 10.1 Å². The second-order valence-corrected chi connectivity index (χ2v) is 6.69. The van der Waals surface area contributed by atoms with E-state index in [9.17, 15) is 14.9 Å². The van der Waals surface area contributed by atoms with Gasteiger partial charge < -0.3 is 0 Å². The van der Waals surface area contributed by atoms with E-state index in [1.165, 1.54) is 77.0 Å². The third-order valence-corrected chi connectivity index (χ3v) is 4.36. The molecule has 0 aromatic carbocycles. The van der Waals surface area contributed by atoms with Crippen molar-refractivity contribution in [2.24, 2.45) is 0 Å². The van der Waals surface area contributed by atoms with E-state index in [-0.39, 0.29) is 6.42 Å². The van der Waals surface area contributed by atoms with Gasteiger partial charge in [-0.15, -0.1) is 0 Å². The van der Waals surface area contributed by atoms with E-state index >= 15 is 0 Å². The first-order valence-electron chi connectivity index (χ1n) is 10.0. The maximum atomic E-state index is 10.8. The second-order valence-electron chi connectivity index (χ2n) is 6.69. The van der Waals surface area contributed by atoms with Crippen molar-refractivity contribution in [2.45, 2.75) is 110 Å². The number of nitro groups is 1. The highest BCUT2D eigenvalue weighted by atomic mass is 16.6. The summed E-state index contributed by atoms with van der Waals surface area (Å²) in [7, 11) is 0. The molecule has 0 aromatic rings. The number of rotatable bonds is 17. The Kier molecular flexibility index (Phi) is 17.3. The summed E-state index contributed by atoms with van der Waals surface area (Å²) in [6, 6.07) is 0. The van der Waals surface area contributed by atoms with Crippen LogP contribution < -0.4 is 0 Å². The van der Waals surface area contributed by atoms with Crippen molar-refractivity contribution in [2.75, 3.05) is 0 Å². The Balaban J connectivity index is 3.14. The number of amides is 1. The zero-order valence-corrected chi connectivity index (χ0v) is 15.6.